The maximum atomic E-state index is 13.5. The van der Waals surface area contributed by atoms with E-state index >= 15 is 0 Å². The summed E-state index contributed by atoms with van der Waals surface area (Å²) >= 11 is 0. The highest BCUT2D eigenvalue weighted by molar-refractivity contribution is 6.04. The van der Waals surface area contributed by atoms with E-state index in [2.05, 4.69) is 33.8 Å². The van der Waals surface area contributed by atoms with E-state index in [1.165, 1.54) is 0 Å². The Labute approximate surface area is 212 Å². The van der Waals surface area contributed by atoms with E-state index in [0.29, 0.717) is 28.4 Å². The number of piperidine rings is 1. The van der Waals surface area contributed by atoms with Crippen LogP contribution >= 0.6 is 0 Å². The molecule has 4 rings (SSSR count). The summed E-state index contributed by atoms with van der Waals surface area (Å²) in [5, 5.41) is 17.6. The van der Waals surface area contributed by atoms with Gasteiger partial charge in [0.05, 0.1) is 23.2 Å². The fourth-order valence-corrected chi connectivity index (χ4v) is 4.34. The molecule has 0 spiro atoms. The van der Waals surface area contributed by atoms with Crippen molar-refractivity contribution >= 4 is 29.0 Å². The van der Waals surface area contributed by atoms with E-state index < -0.39 is 6.03 Å². The van der Waals surface area contributed by atoms with Gasteiger partial charge >= 0.3 is 6.03 Å². The maximum Gasteiger partial charge on any atom is 0.323 e. The van der Waals surface area contributed by atoms with Gasteiger partial charge in [0.1, 0.15) is 0 Å². The summed E-state index contributed by atoms with van der Waals surface area (Å²) in [6.45, 7) is 6.00. The van der Waals surface area contributed by atoms with Crippen LogP contribution in [0.5, 0.6) is 0 Å². The van der Waals surface area contributed by atoms with Gasteiger partial charge in [0.2, 0.25) is 0 Å². The number of nitriles is 1. The lowest BCUT2D eigenvalue weighted by Gasteiger charge is -2.33. The van der Waals surface area contributed by atoms with E-state index in [4.69, 9.17) is 5.26 Å². The van der Waals surface area contributed by atoms with Crippen LogP contribution in [-0.2, 0) is 0 Å². The molecule has 1 fully saturated rings. The van der Waals surface area contributed by atoms with E-state index in [9.17, 15) is 9.59 Å². The minimum Gasteiger partial charge on any atom is -0.371 e. The van der Waals surface area contributed by atoms with Gasteiger partial charge in [-0.1, -0.05) is 37.3 Å². The smallest absolute Gasteiger partial charge is 0.323 e. The number of carbonyl (C=O) groups is 2. The van der Waals surface area contributed by atoms with Gasteiger partial charge in [-0.3, -0.25) is 4.79 Å². The molecule has 7 nitrogen and oxygen atoms in total. The number of hydrogen-bond acceptors (Lipinski definition) is 4. The molecule has 1 atom stereocenters. The van der Waals surface area contributed by atoms with Crippen molar-refractivity contribution in [3.8, 4) is 6.07 Å². The van der Waals surface area contributed by atoms with E-state index in [1.807, 2.05) is 49.4 Å². The summed E-state index contributed by atoms with van der Waals surface area (Å²) in [7, 11) is 0. The van der Waals surface area contributed by atoms with Crippen LogP contribution in [-0.4, -0.2) is 25.0 Å². The lowest BCUT2D eigenvalue weighted by Crippen LogP contribution is -2.35. The maximum absolute atomic E-state index is 13.5. The lowest BCUT2D eigenvalue weighted by molar-refractivity contribution is 0.0940. The van der Waals surface area contributed by atoms with Gasteiger partial charge in [-0.2, -0.15) is 5.26 Å². The molecule has 0 aliphatic carbocycles. The molecule has 3 N–H and O–H groups in total. The molecule has 0 saturated carbocycles. The minimum atomic E-state index is -0.428. The van der Waals surface area contributed by atoms with Gasteiger partial charge in [-0.15, -0.1) is 0 Å². The molecule has 1 aliphatic heterocycles. The number of rotatable bonds is 6. The number of anilines is 3. The third-order valence-corrected chi connectivity index (χ3v) is 6.54. The number of amides is 3. The summed E-state index contributed by atoms with van der Waals surface area (Å²) in [6.07, 6.45) is 2.16. The molecule has 1 heterocycles. The first kappa shape index (κ1) is 24.8. The molecular formula is C29H31N5O2. The van der Waals surface area contributed by atoms with Crippen LogP contribution in [0.25, 0.3) is 0 Å². The van der Waals surface area contributed by atoms with Crippen molar-refractivity contribution in [3.63, 3.8) is 0 Å². The van der Waals surface area contributed by atoms with E-state index in [0.717, 1.165) is 37.2 Å². The monoisotopic (exact) mass is 481 g/mol. The van der Waals surface area contributed by atoms with Crippen molar-refractivity contribution in [2.75, 3.05) is 28.6 Å². The van der Waals surface area contributed by atoms with Gasteiger partial charge in [-0.05, 0) is 73.7 Å². The molecule has 184 valence electrons. The Morgan fingerprint density at radius 3 is 2.25 bits per heavy atom. The standard InChI is InChI=1S/C29H31N5O2/c1-20-14-16-34(17-15-20)27-13-12-25(33-29(36)32-24-10-8-22(19-30)9-11-24)18-26(27)28(35)31-21(2)23-6-4-3-5-7-23/h3-13,18,20-21H,14-17H2,1-2H3,(H,31,35)(H2,32,33,36). The van der Waals surface area contributed by atoms with E-state index in [1.54, 1.807) is 30.3 Å². The van der Waals surface area contributed by atoms with Crippen LogP contribution in [0.3, 0.4) is 0 Å². The zero-order chi connectivity index (χ0) is 25.5. The Bertz CT molecular complexity index is 1240. The predicted molar refractivity (Wildman–Crippen MR) is 143 cm³/mol. The molecular weight excluding hydrogens is 450 g/mol. The molecule has 3 amide bonds. The number of nitrogens with zero attached hydrogens (tertiary/aromatic N) is 2. The highest BCUT2D eigenvalue weighted by Crippen LogP contribution is 2.29. The van der Waals surface area contributed by atoms with Crippen LogP contribution in [0.15, 0.2) is 72.8 Å². The zero-order valence-electron chi connectivity index (χ0n) is 20.6. The normalized spacial score (nSPS) is 14.4. The summed E-state index contributed by atoms with van der Waals surface area (Å²) in [4.78, 5) is 28.3. The summed E-state index contributed by atoms with van der Waals surface area (Å²) in [6, 6.07) is 23.4. The summed E-state index contributed by atoms with van der Waals surface area (Å²) < 4.78 is 0. The molecule has 3 aromatic carbocycles. The molecule has 0 aromatic heterocycles. The Balaban J connectivity index is 1.54. The van der Waals surface area contributed by atoms with Crippen molar-refractivity contribution in [1.29, 1.82) is 5.26 Å². The predicted octanol–water partition coefficient (Wildman–Crippen LogP) is 5.93. The van der Waals surface area contributed by atoms with Gasteiger partial charge in [0.15, 0.2) is 0 Å². The van der Waals surface area contributed by atoms with Crippen molar-refractivity contribution in [3.05, 3.63) is 89.5 Å². The van der Waals surface area contributed by atoms with Crippen LogP contribution in [0, 0.1) is 17.2 Å². The van der Waals surface area contributed by atoms with Gasteiger partial charge in [0.25, 0.3) is 5.91 Å². The van der Waals surface area contributed by atoms with E-state index in [-0.39, 0.29) is 11.9 Å². The third kappa shape index (κ3) is 6.22. The average Bonchev–Trinajstić information content (AvgIpc) is 2.90. The largest absolute Gasteiger partial charge is 0.371 e. The highest BCUT2D eigenvalue weighted by atomic mass is 16.2. The highest BCUT2D eigenvalue weighted by Gasteiger charge is 2.23. The number of benzene rings is 3. The quantitative estimate of drug-likeness (QED) is 0.406. The van der Waals surface area contributed by atoms with Crippen LogP contribution in [0.1, 0.15) is 54.2 Å². The second kappa shape index (κ2) is 11.4. The van der Waals surface area contributed by atoms with Gasteiger partial charge in [0, 0.05) is 30.2 Å². The SMILES string of the molecule is CC1CCN(c2ccc(NC(=O)Nc3ccc(C#N)cc3)cc2C(=O)NC(C)c2ccccc2)CC1. The Kier molecular flexibility index (Phi) is 7.86. The fraction of sp³-hybridized carbons (Fsp3) is 0.276. The Morgan fingerprint density at radius 1 is 0.944 bits per heavy atom. The number of urea groups is 1. The van der Waals surface area contributed by atoms with Gasteiger partial charge in [-0.25, -0.2) is 4.79 Å². The van der Waals surface area contributed by atoms with Crippen molar-refractivity contribution in [1.82, 2.24) is 5.32 Å². The summed E-state index contributed by atoms with van der Waals surface area (Å²) in [5.74, 6) is 0.486. The molecule has 36 heavy (non-hydrogen) atoms. The number of hydrogen-bond donors (Lipinski definition) is 3. The average molecular weight is 482 g/mol. The second-order valence-corrected chi connectivity index (χ2v) is 9.28. The second-order valence-electron chi connectivity index (χ2n) is 9.28. The molecule has 3 aromatic rings. The molecule has 0 radical (unpaired) electrons. The third-order valence-electron chi connectivity index (χ3n) is 6.54. The lowest BCUT2D eigenvalue weighted by atomic mass is 9.97. The first-order valence-corrected chi connectivity index (χ1v) is 12.3. The molecule has 1 unspecified atom stereocenters. The molecule has 1 aliphatic rings. The first-order chi connectivity index (χ1) is 17.4. The van der Waals surface area contributed by atoms with Crippen molar-refractivity contribution < 1.29 is 9.59 Å². The van der Waals surface area contributed by atoms with Crippen molar-refractivity contribution in [2.45, 2.75) is 32.7 Å². The van der Waals surface area contributed by atoms with Gasteiger partial charge < -0.3 is 20.9 Å². The Morgan fingerprint density at radius 2 is 1.58 bits per heavy atom. The van der Waals surface area contributed by atoms with Crippen LogP contribution in [0.4, 0.5) is 21.9 Å². The molecule has 7 heteroatoms. The van der Waals surface area contributed by atoms with Crippen LogP contribution < -0.4 is 20.9 Å². The Hall–Kier alpha value is -4.31. The molecule has 0 bridgehead atoms. The fourth-order valence-electron chi connectivity index (χ4n) is 4.34. The minimum absolute atomic E-state index is 0.163. The topological polar surface area (TPSA) is 97.3 Å². The zero-order valence-corrected chi connectivity index (χ0v) is 20.6. The molecule has 1 saturated heterocycles. The summed E-state index contributed by atoms with van der Waals surface area (Å²) in [5.41, 5.74) is 4.04. The first-order valence-electron chi connectivity index (χ1n) is 12.3. The van der Waals surface area contributed by atoms with Crippen LogP contribution in [0.2, 0.25) is 0 Å². The van der Waals surface area contributed by atoms with Crippen molar-refractivity contribution in [2.24, 2.45) is 5.92 Å². The number of nitrogens with one attached hydrogen (secondary N) is 3. The number of carbonyl (C=O) groups excluding carboxylic acids is 2.